The summed E-state index contributed by atoms with van der Waals surface area (Å²) >= 11 is 3.15. The van der Waals surface area contributed by atoms with Gasteiger partial charge in [-0.05, 0) is 67.6 Å². The summed E-state index contributed by atoms with van der Waals surface area (Å²) < 4.78 is 1.81. The molecule has 0 fully saturated rings. The molecule has 7 heteroatoms. The highest BCUT2D eigenvalue weighted by molar-refractivity contribution is 7.14. The van der Waals surface area contributed by atoms with Crippen molar-refractivity contribution < 1.29 is 10.2 Å². The quantitative estimate of drug-likeness (QED) is 0.397. The number of thiazole rings is 1. The number of phenols is 2. The van der Waals surface area contributed by atoms with Crippen LogP contribution in [0.25, 0.3) is 10.6 Å². The standard InChI is InChI=1S/C23H21N3O2S2/c1-14-6-7-17(11-15(14)2)24-23-26(20(13-30-23)22-5-4-10-29-22)25-16(3)19-9-8-18(27)12-21(19)28/h4-13,27-28H,1-3H3. The van der Waals surface area contributed by atoms with Gasteiger partial charge in [-0.2, -0.15) is 5.10 Å². The Morgan fingerprint density at radius 3 is 2.50 bits per heavy atom. The number of benzene rings is 2. The van der Waals surface area contributed by atoms with Crippen molar-refractivity contribution in [3.05, 3.63) is 80.8 Å². The van der Waals surface area contributed by atoms with Gasteiger partial charge in [-0.15, -0.1) is 22.7 Å². The van der Waals surface area contributed by atoms with Gasteiger partial charge >= 0.3 is 0 Å². The van der Waals surface area contributed by atoms with E-state index in [-0.39, 0.29) is 11.5 Å². The molecule has 0 aliphatic heterocycles. The Kier molecular flexibility index (Phi) is 5.57. The lowest BCUT2D eigenvalue weighted by Gasteiger charge is -2.07. The van der Waals surface area contributed by atoms with Gasteiger partial charge in [0.05, 0.1) is 22.0 Å². The summed E-state index contributed by atoms with van der Waals surface area (Å²) in [5.74, 6) is -0.00524. The minimum atomic E-state index is -0.0163. The third-order valence-electron chi connectivity index (χ3n) is 4.80. The molecule has 4 rings (SSSR count). The van der Waals surface area contributed by atoms with Crippen molar-refractivity contribution in [3.63, 3.8) is 0 Å². The van der Waals surface area contributed by atoms with Gasteiger partial charge < -0.3 is 10.2 Å². The molecule has 152 valence electrons. The Hall–Kier alpha value is -3.16. The lowest BCUT2D eigenvalue weighted by atomic mass is 10.1. The molecule has 0 bridgehead atoms. The first kappa shape index (κ1) is 20.1. The zero-order valence-electron chi connectivity index (χ0n) is 16.8. The summed E-state index contributed by atoms with van der Waals surface area (Å²) in [4.78, 5) is 6.65. The normalized spacial score (nSPS) is 12.5. The molecule has 30 heavy (non-hydrogen) atoms. The predicted molar refractivity (Wildman–Crippen MR) is 124 cm³/mol. The van der Waals surface area contributed by atoms with Crippen LogP contribution in [0.5, 0.6) is 11.5 Å². The minimum absolute atomic E-state index is 0.0111. The van der Waals surface area contributed by atoms with Gasteiger partial charge in [-0.1, -0.05) is 12.1 Å². The van der Waals surface area contributed by atoms with E-state index in [0.29, 0.717) is 11.3 Å². The average Bonchev–Trinajstić information content (AvgIpc) is 3.35. The number of aromatic nitrogens is 1. The number of rotatable bonds is 4. The van der Waals surface area contributed by atoms with Crippen LogP contribution in [0, 0.1) is 13.8 Å². The van der Waals surface area contributed by atoms with Crippen molar-refractivity contribution >= 4 is 34.1 Å². The maximum Gasteiger partial charge on any atom is 0.211 e. The van der Waals surface area contributed by atoms with Gasteiger partial charge in [-0.3, -0.25) is 0 Å². The summed E-state index contributed by atoms with van der Waals surface area (Å²) in [5.41, 5.74) is 5.39. The first-order valence-corrected chi connectivity index (χ1v) is 11.1. The molecule has 2 aromatic heterocycles. The van der Waals surface area contributed by atoms with E-state index >= 15 is 0 Å². The molecule has 0 radical (unpaired) electrons. The average molecular weight is 436 g/mol. The molecule has 2 aromatic carbocycles. The van der Waals surface area contributed by atoms with E-state index in [1.165, 1.54) is 34.6 Å². The van der Waals surface area contributed by atoms with Crippen molar-refractivity contribution in [2.45, 2.75) is 20.8 Å². The molecule has 0 saturated carbocycles. The maximum atomic E-state index is 10.2. The number of hydrogen-bond acceptors (Lipinski definition) is 6. The fourth-order valence-corrected chi connectivity index (χ4v) is 4.65. The van der Waals surface area contributed by atoms with Crippen LogP contribution in [0.1, 0.15) is 23.6 Å². The molecule has 0 amide bonds. The molecular weight excluding hydrogens is 414 g/mol. The zero-order valence-corrected chi connectivity index (χ0v) is 18.5. The molecule has 0 spiro atoms. The van der Waals surface area contributed by atoms with Crippen LogP contribution in [-0.2, 0) is 0 Å². The third kappa shape index (κ3) is 4.08. The van der Waals surface area contributed by atoms with Crippen LogP contribution in [0.15, 0.2) is 69.4 Å². The van der Waals surface area contributed by atoms with Gasteiger partial charge in [0.15, 0.2) is 0 Å². The van der Waals surface area contributed by atoms with Crippen LogP contribution in [0.3, 0.4) is 0 Å². The summed E-state index contributed by atoms with van der Waals surface area (Å²) in [6.45, 7) is 5.98. The van der Waals surface area contributed by atoms with Crippen LogP contribution in [0.4, 0.5) is 5.69 Å². The van der Waals surface area contributed by atoms with Crippen molar-refractivity contribution in [3.8, 4) is 22.1 Å². The van der Waals surface area contributed by atoms with Gasteiger partial charge in [0.25, 0.3) is 0 Å². The van der Waals surface area contributed by atoms with Crippen molar-refractivity contribution in [1.82, 2.24) is 4.68 Å². The van der Waals surface area contributed by atoms with E-state index in [4.69, 9.17) is 10.1 Å². The smallest absolute Gasteiger partial charge is 0.211 e. The molecule has 0 atom stereocenters. The van der Waals surface area contributed by atoms with E-state index < -0.39 is 0 Å². The topological polar surface area (TPSA) is 70.1 Å². The first-order chi connectivity index (χ1) is 14.4. The second kappa shape index (κ2) is 8.30. The third-order valence-corrected chi connectivity index (χ3v) is 6.50. The molecule has 0 aliphatic carbocycles. The number of phenolic OH excluding ortho intramolecular Hbond substituents is 2. The Bertz CT molecular complexity index is 1300. The maximum absolute atomic E-state index is 10.2. The van der Waals surface area contributed by atoms with Gasteiger partial charge in [0.1, 0.15) is 11.5 Å². The summed E-state index contributed by atoms with van der Waals surface area (Å²) in [5, 5.41) is 28.7. The van der Waals surface area contributed by atoms with Crippen molar-refractivity contribution in [2.75, 3.05) is 0 Å². The van der Waals surface area contributed by atoms with Crippen LogP contribution in [0.2, 0.25) is 0 Å². The predicted octanol–water partition coefficient (Wildman–Crippen LogP) is 5.81. The number of thiophene rings is 1. The molecule has 4 aromatic rings. The van der Waals surface area contributed by atoms with E-state index in [9.17, 15) is 10.2 Å². The van der Waals surface area contributed by atoms with Crippen LogP contribution < -0.4 is 4.80 Å². The van der Waals surface area contributed by atoms with Crippen molar-refractivity contribution in [1.29, 1.82) is 0 Å². The molecule has 0 unspecified atom stereocenters. The number of hydrogen-bond donors (Lipinski definition) is 2. The second-order valence-electron chi connectivity index (χ2n) is 6.96. The summed E-state index contributed by atoms with van der Waals surface area (Å²) in [6.07, 6.45) is 0. The first-order valence-electron chi connectivity index (χ1n) is 9.36. The number of aromatic hydroxyl groups is 2. The fourth-order valence-electron chi connectivity index (χ4n) is 3.00. The minimum Gasteiger partial charge on any atom is -0.508 e. The van der Waals surface area contributed by atoms with Gasteiger partial charge in [-0.25, -0.2) is 9.67 Å². The van der Waals surface area contributed by atoms with Crippen molar-refractivity contribution in [2.24, 2.45) is 10.1 Å². The monoisotopic (exact) mass is 435 g/mol. The second-order valence-corrected chi connectivity index (χ2v) is 8.74. The van der Waals surface area contributed by atoms with E-state index in [0.717, 1.165) is 21.1 Å². The number of aryl methyl sites for hydroxylation is 2. The van der Waals surface area contributed by atoms with Crippen LogP contribution in [-0.4, -0.2) is 20.6 Å². The SMILES string of the molecule is CC(=Nn1c(-c2cccs2)csc1=Nc1ccc(C)c(C)c1)c1ccc(O)cc1O. The Morgan fingerprint density at radius 1 is 0.967 bits per heavy atom. The van der Waals surface area contributed by atoms with E-state index in [1.807, 2.05) is 40.6 Å². The molecule has 5 nitrogen and oxygen atoms in total. The fraction of sp³-hybridized carbons (Fsp3) is 0.130. The molecule has 2 heterocycles. The largest absolute Gasteiger partial charge is 0.508 e. The van der Waals surface area contributed by atoms with Crippen LogP contribution >= 0.6 is 22.7 Å². The molecule has 0 saturated heterocycles. The molecular formula is C23H21N3O2S2. The zero-order chi connectivity index (χ0) is 21.3. The van der Waals surface area contributed by atoms with E-state index in [2.05, 4.69) is 26.0 Å². The summed E-state index contributed by atoms with van der Waals surface area (Å²) in [6, 6.07) is 14.7. The Balaban J connectivity index is 1.89. The summed E-state index contributed by atoms with van der Waals surface area (Å²) in [7, 11) is 0. The van der Waals surface area contributed by atoms with E-state index in [1.54, 1.807) is 17.4 Å². The molecule has 2 N–H and O–H groups in total. The lowest BCUT2D eigenvalue weighted by molar-refractivity contribution is 0.450. The highest BCUT2D eigenvalue weighted by Crippen LogP contribution is 2.27. The lowest BCUT2D eigenvalue weighted by Crippen LogP contribution is -2.13. The Labute approximate surface area is 182 Å². The number of nitrogens with zero attached hydrogens (tertiary/aromatic N) is 3. The van der Waals surface area contributed by atoms with Gasteiger partial charge in [0, 0.05) is 17.0 Å². The highest BCUT2D eigenvalue weighted by atomic mass is 32.1. The Morgan fingerprint density at radius 2 is 1.80 bits per heavy atom. The van der Waals surface area contributed by atoms with Gasteiger partial charge in [0.2, 0.25) is 4.80 Å². The molecule has 0 aliphatic rings. The highest BCUT2D eigenvalue weighted by Gasteiger charge is 2.12.